The van der Waals surface area contributed by atoms with E-state index < -0.39 is 6.10 Å². The summed E-state index contributed by atoms with van der Waals surface area (Å²) in [7, 11) is 1.90. The summed E-state index contributed by atoms with van der Waals surface area (Å²) in [6.45, 7) is 1.44. The summed E-state index contributed by atoms with van der Waals surface area (Å²) in [6, 6.07) is 0. The first kappa shape index (κ1) is 17.2. The zero-order valence-electron chi connectivity index (χ0n) is 14.6. The van der Waals surface area contributed by atoms with Crippen molar-refractivity contribution >= 4 is 5.91 Å². The first-order valence-corrected chi connectivity index (χ1v) is 9.27. The second-order valence-corrected chi connectivity index (χ2v) is 7.26. The van der Waals surface area contributed by atoms with Crippen LogP contribution in [0.1, 0.15) is 56.9 Å². The number of amides is 1. The van der Waals surface area contributed by atoms with Crippen molar-refractivity contribution in [2.24, 2.45) is 18.9 Å². The van der Waals surface area contributed by atoms with Gasteiger partial charge < -0.3 is 14.6 Å². The Hall–Kier alpha value is -1.62. The van der Waals surface area contributed by atoms with E-state index >= 15 is 0 Å². The highest BCUT2D eigenvalue weighted by atomic mass is 16.3. The number of aryl methyl sites for hydroxylation is 1. The fourth-order valence-corrected chi connectivity index (χ4v) is 3.96. The van der Waals surface area contributed by atoms with Crippen molar-refractivity contribution < 1.29 is 9.90 Å². The van der Waals surface area contributed by atoms with Crippen LogP contribution in [0.3, 0.4) is 0 Å². The number of hydrogen-bond acceptors (Lipinski definition) is 3. The Bertz CT molecular complexity index is 567. The lowest BCUT2D eigenvalue weighted by atomic mass is 9.89. The van der Waals surface area contributed by atoms with Crippen LogP contribution in [0.15, 0.2) is 24.5 Å². The smallest absolute Gasteiger partial charge is 0.246 e. The summed E-state index contributed by atoms with van der Waals surface area (Å²) in [4.78, 5) is 18.5. The molecule has 1 atom stereocenters. The van der Waals surface area contributed by atoms with Crippen LogP contribution in [0.2, 0.25) is 0 Å². The minimum Gasteiger partial charge on any atom is -0.385 e. The number of nitrogens with zero attached hydrogens (tertiary/aromatic N) is 3. The molecule has 0 spiro atoms. The van der Waals surface area contributed by atoms with Crippen molar-refractivity contribution in [2.45, 2.75) is 51.0 Å². The van der Waals surface area contributed by atoms with Gasteiger partial charge in [-0.1, -0.05) is 25.3 Å². The highest BCUT2D eigenvalue weighted by Crippen LogP contribution is 2.30. The van der Waals surface area contributed by atoms with Gasteiger partial charge in [-0.3, -0.25) is 4.79 Å². The molecule has 1 aliphatic carbocycles. The number of allylic oxidation sites excluding steroid dienone is 1. The average molecular weight is 331 g/mol. The normalized spacial score (nSPS) is 22.2. The summed E-state index contributed by atoms with van der Waals surface area (Å²) in [5.41, 5.74) is 0. The largest absolute Gasteiger partial charge is 0.385 e. The molecule has 1 aliphatic heterocycles. The van der Waals surface area contributed by atoms with Crippen LogP contribution in [0.4, 0.5) is 0 Å². The quantitative estimate of drug-likeness (QED) is 0.863. The number of aliphatic hydroxyl groups is 1. The van der Waals surface area contributed by atoms with Gasteiger partial charge in [0.2, 0.25) is 5.91 Å². The molecule has 24 heavy (non-hydrogen) atoms. The molecular formula is C19H29N3O2. The number of carbonyl (C=O) groups excluding carboxylic acids is 1. The van der Waals surface area contributed by atoms with Crippen molar-refractivity contribution in [2.75, 3.05) is 13.1 Å². The molecule has 2 heterocycles. The highest BCUT2D eigenvalue weighted by molar-refractivity contribution is 5.87. The molecule has 1 aromatic rings. The molecule has 2 aliphatic rings. The second kappa shape index (κ2) is 7.97. The molecule has 0 bridgehead atoms. The van der Waals surface area contributed by atoms with Gasteiger partial charge in [0.25, 0.3) is 0 Å². The summed E-state index contributed by atoms with van der Waals surface area (Å²) in [5.74, 6) is 1.62. The fourth-order valence-electron chi connectivity index (χ4n) is 3.96. The third kappa shape index (κ3) is 4.07. The predicted molar refractivity (Wildman–Crippen MR) is 93.2 cm³/mol. The number of imidazole rings is 1. The monoisotopic (exact) mass is 331 g/mol. The maximum absolute atomic E-state index is 12.4. The number of aliphatic hydroxyl groups excluding tert-OH is 1. The van der Waals surface area contributed by atoms with Crippen LogP contribution in [0.5, 0.6) is 0 Å². The van der Waals surface area contributed by atoms with E-state index in [2.05, 4.69) is 11.1 Å². The molecule has 1 unspecified atom stereocenters. The lowest BCUT2D eigenvalue weighted by Crippen LogP contribution is -2.39. The zero-order chi connectivity index (χ0) is 16.9. The summed E-state index contributed by atoms with van der Waals surface area (Å²) >= 11 is 0. The Kier molecular flexibility index (Phi) is 5.72. The van der Waals surface area contributed by atoms with Crippen LogP contribution in [0, 0.1) is 11.8 Å². The van der Waals surface area contributed by atoms with Crippen LogP contribution in [-0.2, 0) is 11.8 Å². The summed E-state index contributed by atoms with van der Waals surface area (Å²) in [6.07, 6.45) is 15.0. The topological polar surface area (TPSA) is 58.4 Å². The van der Waals surface area contributed by atoms with Gasteiger partial charge in [-0.25, -0.2) is 4.98 Å². The summed E-state index contributed by atoms with van der Waals surface area (Å²) < 4.78 is 1.87. The molecule has 1 amide bonds. The third-order valence-electron chi connectivity index (χ3n) is 5.58. The van der Waals surface area contributed by atoms with E-state index in [4.69, 9.17) is 0 Å². The third-order valence-corrected chi connectivity index (χ3v) is 5.58. The Labute approximate surface area is 144 Å². The molecule has 3 rings (SSSR count). The Balaban J connectivity index is 1.48. The van der Waals surface area contributed by atoms with Crippen molar-refractivity contribution in [1.29, 1.82) is 0 Å². The number of likely N-dealkylation sites (tertiary alicyclic amines) is 1. The molecule has 2 fully saturated rings. The second-order valence-electron chi connectivity index (χ2n) is 7.26. The van der Waals surface area contributed by atoms with E-state index in [0.717, 1.165) is 31.8 Å². The molecule has 5 nitrogen and oxygen atoms in total. The molecule has 132 valence electrons. The first-order chi connectivity index (χ1) is 11.6. The Morgan fingerprint density at radius 2 is 1.96 bits per heavy atom. The molecule has 1 aromatic heterocycles. The van der Waals surface area contributed by atoms with Gasteiger partial charge in [0.15, 0.2) is 0 Å². The number of rotatable bonds is 4. The van der Waals surface area contributed by atoms with E-state index in [-0.39, 0.29) is 11.8 Å². The van der Waals surface area contributed by atoms with Gasteiger partial charge in [0, 0.05) is 32.5 Å². The van der Waals surface area contributed by atoms with Gasteiger partial charge in [-0.05, 0) is 43.6 Å². The lowest BCUT2D eigenvalue weighted by molar-refractivity contribution is -0.128. The van der Waals surface area contributed by atoms with E-state index in [9.17, 15) is 9.90 Å². The fraction of sp³-hybridized carbons (Fsp3) is 0.684. The van der Waals surface area contributed by atoms with Crippen molar-refractivity contribution in [3.8, 4) is 0 Å². The van der Waals surface area contributed by atoms with E-state index in [1.807, 2.05) is 22.7 Å². The van der Waals surface area contributed by atoms with Crippen molar-refractivity contribution in [3.05, 3.63) is 30.4 Å². The molecule has 0 radical (unpaired) electrons. The molecule has 5 heteroatoms. The number of piperidine rings is 1. The van der Waals surface area contributed by atoms with Crippen LogP contribution in [-0.4, -0.2) is 38.6 Å². The van der Waals surface area contributed by atoms with Crippen LogP contribution < -0.4 is 0 Å². The maximum Gasteiger partial charge on any atom is 0.246 e. The van der Waals surface area contributed by atoms with Crippen LogP contribution >= 0.6 is 0 Å². The van der Waals surface area contributed by atoms with E-state index in [0.29, 0.717) is 5.92 Å². The summed E-state index contributed by atoms with van der Waals surface area (Å²) in [5, 5.41) is 10.5. The van der Waals surface area contributed by atoms with Gasteiger partial charge in [-0.15, -0.1) is 0 Å². The van der Waals surface area contributed by atoms with Gasteiger partial charge in [0.05, 0.1) is 0 Å². The van der Waals surface area contributed by atoms with Crippen LogP contribution in [0.25, 0.3) is 0 Å². The maximum atomic E-state index is 12.4. The van der Waals surface area contributed by atoms with E-state index in [1.54, 1.807) is 12.3 Å². The SMILES string of the molecule is Cn1ccnc1C(O)C1CCN(C(=O)/C=C/C2CCCCC2)CC1. The van der Waals surface area contributed by atoms with E-state index in [1.165, 1.54) is 32.1 Å². The molecule has 1 N–H and O–H groups in total. The van der Waals surface area contributed by atoms with Gasteiger partial charge in [0.1, 0.15) is 11.9 Å². The van der Waals surface area contributed by atoms with Gasteiger partial charge in [-0.2, -0.15) is 0 Å². The highest BCUT2D eigenvalue weighted by Gasteiger charge is 2.29. The minimum atomic E-state index is -0.542. The molecule has 1 saturated carbocycles. The lowest BCUT2D eigenvalue weighted by Gasteiger charge is -2.33. The predicted octanol–water partition coefficient (Wildman–Crippen LogP) is 2.83. The zero-order valence-corrected chi connectivity index (χ0v) is 14.6. The number of aromatic nitrogens is 2. The first-order valence-electron chi connectivity index (χ1n) is 9.27. The minimum absolute atomic E-state index is 0.130. The standard InChI is InChI=1S/C19H29N3O2/c1-21-14-11-20-19(21)18(24)16-9-12-22(13-10-16)17(23)8-7-15-5-3-2-4-6-15/h7-8,11,14-16,18,24H,2-6,9-10,12-13H2,1H3/b8-7+. The van der Waals surface area contributed by atoms with Crippen molar-refractivity contribution in [3.63, 3.8) is 0 Å². The van der Waals surface area contributed by atoms with Crippen molar-refractivity contribution in [1.82, 2.24) is 14.5 Å². The Morgan fingerprint density at radius 1 is 1.25 bits per heavy atom. The molecular weight excluding hydrogens is 302 g/mol. The average Bonchev–Trinajstić information content (AvgIpc) is 3.06. The van der Waals surface area contributed by atoms with Gasteiger partial charge >= 0.3 is 0 Å². The Morgan fingerprint density at radius 3 is 2.58 bits per heavy atom. The molecule has 1 saturated heterocycles. The number of hydrogen-bond donors (Lipinski definition) is 1. The molecule has 0 aromatic carbocycles. The number of carbonyl (C=O) groups is 1.